The predicted octanol–water partition coefficient (Wildman–Crippen LogP) is -0.689. The van der Waals surface area contributed by atoms with Crippen molar-refractivity contribution in [3.05, 3.63) is 0 Å². The molecule has 1 aliphatic heterocycles. The third-order valence-electron chi connectivity index (χ3n) is 1.99. The Labute approximate surface area is 85.1 Å². The third kappa shape index (κ3) is 3.53. The fraction of sp³-hybridized carbons (Fsp3) is 0.875. The second-order valence-electron chi connectivity index (χ2n) is 3.76. The van der Waals surface area contributed by atoms with Crippen LogP contribution in [0.25, 0.3) is 0 Å². The highest BCUT2D eigenvalue weighted by atomic mass is 32.2. The number of nitrogens with one attached hydrogen (secondary N) is 1. The maximum absolute atomic E-state index is 11.0. The van der Waals surface area contributed by atoms with Gasteiger partial charge in [0.2, 0.25) is 0 Å². The summed E-state index contributed by atoms with van der Waals surface area (Å²) in [6, 6.07) is -0.0932. The minimum absolute atomic E-state index is 0.0932. The molecule has 82 valence electrons. The van der Waals surface area contributed by atoms with Gasteiger partial charge in [-0.3, -0.25) is 4.99 Å². The Morgan fingerprint density at radius 3 is 2.71 bits per heavy atom. The highest BCUT2D eigenvalue weighted by Gasteiger charge is 2.16. The maximum Gasteiger partial charge on any atom is 0.194 e. The molecule has 1 rings (SSSR count). The number of hydrogen-bond acceptors (Lipinski definition) is 5. The molecule has 0 aromatic carbocycles. The van der Waals surface area contributed by atoms with Gasteiger partial charge in [0.25, 0.3) is 0 Å². The summed E-state index contributed by atoms with van der Waals surface area (Å²) in [4.78, 5) is 6.21. The van der Waals surface area contributed by atoms with E-state index in [0.29, 0.717) is 0 Å². The average Bonchev–Trinajstić information content (AvgIpc) is 2.32. The molecule has 0 amide bonds. The van der Waals surface area contributed by atoms with Crippen LogP contribution in [-0.2, 0) is 9.84 Å². The van der Waals surface area contributed by atoms with Crippen molar-refractivity contribution < 1.29 is 8.42 Å². The molecule has 1 unspecified atom stereocenters. The molecule has 1 aliphatic rings. The highest BCUT2D eigenvalue weighted by molar-refractivity contribution is 7.90. The molecule has 0 aliphatic carbocycles. The Kier molecular flexibility index (Phi) is 3.36. The predicted molar refractivity (Wildman–Crippen MR) is 57.2 cm³/mol. The van der Waals surface area contributed by atoms with Crippen LogP contribution in [0.5, 0.6) is 0 Å². The van der Waals surface area contributed by atoms with Crippen LogP contribution >= 0.6 is 0 Å². The van der Waals surface area contributed by atoms with Gasteiger partial charge in [0.1, 0.15) is 9.84 Å². The second kappa shape index (κ2) is 4.16. The van der Waals surface area contributed by atoms with Gasteiger partial charge in [0.15, 0.2) is 5.96 Å². The van der Waals surface area contributed by atoms with E-state index in [1.807, 2.05) is 18.9 Å². The zero-order chi connectivity index (χ0) is 10.8. The van der Waals surface area contributed by atoms with Crippen LogP contribution in [-0.4, -0.2) is 57.5 Å². The van der Waals surface area contributed by atoms with Crippen molar-refractivity contribution >= 4 is 15.8 Å². The number of likely N-dealkylation sites (N-methyl/N-ethyl adjacent to an activating group) is 1. The maximum atomic E-state index is 11.0. The van der Waals surface area contributed by atoms with E-state index in [1.54, 1.807) is 0 Å². The first-order valence-electron chi connectivity index (χ1n) is 4.58. The highest BCUT2D eigenvalue weighted by Crippen LogP contribution is 1.98. The zero-order valence-corrected chi connectivity index (χ0v) is 9.63. The molecule has 0 aromatic heterocycles. The van der Waals surface area contributed by atoms with Crippen LogP contribution in [0.3, 0.4) is 0 Å². The van der Waals surface area contributed by atoms with Gasteiger partial charge in [-0.05, 0) is 6.92 Å². The number of guanidine groups is 1. The van der Waals surface area contributed by atoms with E-state index in [1.165, 1.54) is 6.26 Å². The number of rotatable bonds is 3. The molecular formula is C8H17N3O2S. The number of aliphatic imine (C=N–C) groups is 1. The van der Waals surface area contributed by atoms with Gasteiger partial charge in [0, 0.05) is 25.9 Å². The lowest BCUT2D eigenvalue weighted by atomic mass is 10.4. The summed E-state index contributed by atoms with van der Waals surface area (Å²) >= 11 is 0. The van der Waals surface area contributed by atoms with Gasteiger partial charge in [-0.2, -0.15) is 0 Å². The smallest absolute Gasteiger partial charge is 0.194 e. The fourth-order valence-corrected chi connectivity index (χ4v) is 2.40. The Balaban J connectivity index is 2.45. The SMILES string of the molecule is CC(CS(C)(=O)=O)NC1=NCCN1C. The molecule has 1 atom stereocenters. The van der Waals surface area contributed by atoms with Gasteiger partial charge in [-0.15, -0.1) is 0 Å². The number of hydrogen-bond donors (Lipinski definition) is 1. The lowest BCUT2D eigenvalue weighted by Gasteiger charge is -2.19. The lowest BCUT2D eigenvalue weighted by molar-refractivity contribution is 0.521. The van der Waals surface area contributed by atoms with Crippen LogP contribution in [0.15, 0.2) is 4.99 Å². The Hall–Kier alpha value is -0.780. The van der Waals surface area contributed by atoms with E-state index in [-0.39, 0.29) is 11.8 Å². The fourth-order valence-electron chi connectivity index (χ4n) is 1.40. The third-order valence-corrected chi connectivity index (χ3v) is 3.09. The molecular weight excluding hydrogens is 202 g/mol. The van der Waals surface area contributed by atoms with E-state index in [4.69, 9.17) is 0 Å². The summed E-state index contributed by atoms with van der Waals surface area (Å²) < 4.78 is 22.0. The quantitative estimate of drug-likeness (QED) is 0.682. The van der Waals surface area contributed by atoms with Crippen LogP contribution in [0.2, 0.25) is 0 Å². The molecule has 0 spiro atoms. The van der Waals surface area contributed by atoms with Gasteiger partial charge in [0.05, 0.1) is 12.3 Å². The number of nitrogens with zero attached hydrogens (tertiary/aromatic N) is 2. The summed E-state index contributed by atoms with van der Waals surface area (Å²) in [7, 11) is -0.982. The van der Waals surface area contributed by atoms with Gasteiger partial charge >= 0.3 is 0 Å². The molecule has 1 heterocycles. The summed E-state index contributed by atoms with van der Waals surface area (Å²) in [6.07, 6.45) is 1.24. The first-order valence-corrected chi connectivity index (χ1v) is 6.64. The molecule has 0 bridgehead atoms. The van der Waals surface area contributed by atoms with E-state index in [9.17, 15) is 8.42 Å². The standard InChI is InChI=1S/C8H17N3O2S/c1-7(6-14(3,12)13)10-8-9-4-5-11(8)2/h7H,4-6H2,1-3H3,(H,9,10). The van der Waals surface area contributed by atoms with Crippen molar-refractivity contribution in [1.82, 2.24) is 10.2 Å². The monoisotopic (exact) mass is 219 g/mol. The zero-order valence-electron chi connectivity index (χ0n) is 8.82. The average molecular weight is 219 g/mol. The molecule has 1 N–H and O–H groups in total. The van der Waals surface area contributed by atoms with Crippen molar-refractivity contribution in [1.29, 1.82) is 0 Å². The number of sulfone groups is 1. The molecule has 0 radical (unpaired) electrons. The first-order chi connectivity index (χ1) is 6.38. The minimum Gasteiger partial charge on any atom is -0.353 e. The lowest BCUT2D eigenvalue weighted by Crippen LogP contribution is -2.43. The molecule has 14 heavy (non-hydrogen) atoms. The molecule has 0 aromatic rings. The van der Waals surface area contributed by atoms with Gasteiger partial charge in [-0.1, -0.05) is 0 Å². The topological polar surface area (TPSA) is 61.8 Å². The van der Waals surface area contributed by atoms with E-state index in [0.717, 1.165) is 19.0 Å². The van der Waals surface area contributed by atoms with E-state index < -0.39 is 9.84 Å². The van der Waals surface area contributed by atoms with Crippen LogP contribution in [0.4, 0.5) is 0 Å². The van der Waals surface area contributed by atoms with E-state index in [2.05, 4.69) is 10.3 Å². The molecule has 0 fully saturated rings. The Bertz CT molecular complexity index is 323. The van der Waals surface area contributed by atoms with Crippen LogP contribution < -0.4 is 5.32 Å². The van der Waals surface area contributed by atoms with Crippen molar-refractivity contribution in [3.63, 3.8) is 0 Å². The van der Waals surface area contributed by atoms with Crippen molar-refractivity contribution in [3.8, 4) is 0 Å². The van der Waals surface area contributed by atoms with Crippen molar-refractivity contribution in [2.24, 2.45) is 4.99 Å². The first kappa shape index (κ1) is 11.3. The van der Waals surface area contributed by atoms with Crippen molar-refractivity contribution in [2.75, 3.05) is 32.1 Å². The largest absolute Gasteiger partial charge is 0.353 e. The summed E-state index contributed by atoms with van der Waals surface area (Å²) in [5, 5.41) is 3.08. The van der Waals surface area contributed by atoms with Crippen molar-refractivity contribution in [2.45, 2.75) is 13.0 Å². The molecule has 0 saturated heterocycles. The summed E-state index contributed by atoms with van der Waals surface area (Å²) in [5.41, 5.74) is 0. The van der Waals surface area contributed by atoms with Crippen LogP contribution in [0.1, 0.15) is 6.92 Å². The Morgan fingerprint density at radius 2 is 2.29 bits per heavy atom. The second-order valence-corrected chi connectivity index (χ2v) is 5.95. The molecule has 6 heteroatoms. The van der Waals surface area contributed by atoms with Gasteiger partial charge < -0.3 is 10.2 Å². The van der Waals surface area contributed by atoms with Gasteiger partial charge in [-0.25, -0.2) is 8.42 Å². The minimum atomic E-state index is -2.92. The van der Waals surface area contributed by atoms with E-state index >= 15 is 0 Å². The molecule has 5 nitrogen and oxygen atoms in total. The normalized spacial score (nSPS) is 19.4. The summed E-state index contributed by atoms with van der Waals surface area (Å²) in [5.74, 6) is 0.931. The summed E-state index contributed by atoms with van der Waals surface area (Å²) in [6.45, 7) is 3.52. The molecule has 0 saturated carbocycles. The van der Waals surface area contributed by atoms with Crippen LogP contribution in [0, 0.1) is 0 Å². The Morgan fingerprint density at radius 1 is 1.64 bits per heavy atom.